The third kappa shape index (κ3) is 3.64. The van der Waals surface area contributed by atoms with Crippen LogP contribution in [0.15, 0.2) is 22.7 Å². The minimum atomic E-state index is -0.524. The van der Waals surface area contributed by atoms with Crippen LogP contribution >= 0.6 is 27.5 Å². The Bertz CT molecular complexity index is 484. The fourth-order valence-corrected chi connectivity index (χ4v) is 4.02. The predicted octanol–water partition coefficient (Wildman–Crippen LogP) is 4.93. The van der Waals surface area contributed by atoms with Gasteiger partial charge in [0.05, 0.1) is 11.1 Å². The number of benzene rings is 1. The molecule has 118 valence electrons. The highest BCUT2D eigenvalue weighted by Gasteiger charge is 2.41. The summed E-state index contributed by atoms with van der Waals surface area (Å²) in [5, 5.41) is 11.6. The normalized spacial score (nSPS) is 27.9. The molecule has 4 heteroatoms. The molecule has 1 saturated carbocycles. The highest BCUT2D eigenvalue weighted by Crippen LogP contribution is 2.48. The zero-order chi connectivity index (χ0) is 15.6. The molecule has 2 nitrogen and oxygen atoms in total. The zero-order valence-electron chi connectivity index (χ0n) is 12.8. The summed E-state index contributed by atoms with van der Waals surface area (Å²) in [5.41, 5.74) is 6.77. The van der Waals surface area contributed by atoms with E-state index >= 15 is 0 Å². The number of hydrogen-bond acceptors (Lipinski definition) is 2. The van der Waals surface area contributed by atoms with Gasteiger partial charge < -0.3 is 10.8 Å². The van der Waals surface area contributed by atoms with Gasteiger partial charge in [0, 0.05) is 16.4 Å². The molecule has 1 aromatic rings. The second-order valence-electron chi connectivity index (χ2n) is 6.72. The van der Waals surface area contributed by atoms with Crippen LogP contribution in [0.5, 0.6) is 0 Å². The van der Waals surface area contributed by atoms with Crippen molar-refractivity contribution < 1.29 is 5.11 Å². The van der Waals surface area contributed by atoms with Crippen molar-refractivity contribution in [2.24, 2.45) is 23.0 Å². The standard InChI is InChI=1S/C17H25BrClNO/c1-11(2)12-5-7-17(10-20,8-6-12)16(21)13-3-4-15(19)14(18)9-13/h3-4,9,11-12,16,21H,5-8,10,20H2,1-2H3. The molecule has 0 bridgehead atoms. The third-order valence-corrected chi connectivity index (χ3v) is 6.43. The average molecular weight is 375 g/mol. The van der Waals surface area contributed by atoms with E-state index < -0.39 is 6.10 Å². The highest BCUT2D eigenvalue weighted by atomic mass is 79.9. The topological polar surface area (TPSA) is 46.2 Å². The SMILES string of the molecule is CC(C)C1CCC(CN)(C(O)c2ccc(Cl)c(Br)c2)CC1. The first-order valence-electron chi connectivity index (χ1n) is 7.72. The molecule has 1 aliphatic carbocycles. The number of aliphatic hydroxyl groups is 1. The van der Waals surface area contributed by atoms with E-state index in [1.54, 1.807) is 0 Å². The van der Waals surface area contributed by atoms with Crippen molar-refractivity contribution in [1.29, 1.82) is 0 Å². The monoisotopic (exact) mass is 373 g/mol. The summed E-state index contributed by atoms with van der Waals surface area (Å²) in [6.45, 7) is 5.10. The van der Waals surface area contributed by atoms with Gasteiger partial charge in [0.25, 0.3) is 0 Å². The molecule has 3 N–H and O–H groups in total. The Kier molecular flexibility index (Phi) is 5.75. The lowest BCUT2D eigenvalue weighted by Gasteiger charge is -2.44. The van der Waals surface area contributed by atoms with Gasteiger partial charge in [-0.25, -0.2) is 0 Å². The first-order valence-corrected chi connectivity index (χ1v) is 8.90. The number of hydrogen-bond donors (Lipinski definition) is 2. The highest BCUT2D eigenvalue weighted by molar-refractivity contribution is 9.10. The molecular formula is C17H25BrClNO. The number of halogens is 2. The van der Waals surface area contributed by atoms with Crippen molar-refractivity contribution in [1.82, 2.24) is 0 Å². The summed E-state index contributed by atoms with van der Waals surface area (Å²) in [5.74, 6) is 1.47. The second-order valence-corrected chi connectivity index (χ2v) is 7.99. The molecule has 0 aromatic heterocycles. The summed E-state index contributed by atoms with van der Waals surface area (Å²) in [7, 11) is 0. The van der Waals surface area contributed by atoms with E-state index in [-0.39, 0.29) is 5.41 Å². The summed E-state index contributed by atoms with van der Waals surface area (Å²) in [4.78, 5) is 0. The van der Waals surface area contributed by atoms with E-state index in [0.29, 0.717) is 17.5 Å². The Labute approximate surface area is 141 Å². The van der Waals surface area contributed by atoms with Crippen LogP contribution in [-0.4, -0.2) is 11.7 Å². The van der Waals surface area contributed by atoms with Gasteiger partial charge in [-0.15, -0.1) is 0 Å². The maximum absolute atomic E-state index is 10.9. The molecule has 1 unspecified atom stereocenters. The van der Waals surface area contributed by atoms with Crippen molar-refractivity contribution in [2.45, 2.75) is 45.6 Å². The lowest BCUT2D eigenvalue weighted by atomic mass is 9.64. The van der Waals surface area contributed by atoms with E-state index in [4.69, 9.17) is 17.3 Å². The molecule has 0 radical (unpaired) electrons. The van der Waals surface area contributed by atoms with Crippen LogP contribution in [0.1, 0.15) is 51.2 Å². The Hall–Kier alpha value is -0.0900. The van der Waals surface area contributed by atoms with Gasteiger partial charge in [0.2, 0.25) is 0 Å². The molecule has 0 saturated heterocycles. The van der Waals surface area contributed by atoms with Crippen LogP contribution < -0.4 is 5.73 Å². The Balaban J connectivity index is 2.18. The molecule has 1 aliphatic rings. The molecule has 0 aliphatic heterocycles. The molecule has 2 rings (SSSR count). The molecule has 1 atom stereocenters. The first-order chi connectivity index (χ1) is 9.89. The quantitative estimate of drug-likeness (QED) is 0.785. The fraction of sp³-hybridized carbons (Fsp3) is 0.647. The van der Waals surface area contributed by atoms with Gasteiger partial charge in [0.15, 0.2) is 0 Å². The molecule has 1 fully saturated rings. The molecule has 21 heavy (non-hydrogen) atoms. The van der Waals surface area contributed by atoms with Gasteiger partial charge >= 0.3 is 0 Å². The van der Waals surface area contributed by atoms with Gasteiger partial charge in [-0.1, -0.05) is 31.5 Å². The summed E-state index contributed by atoms with van der Waals surface area (Å²) < 4.78 is 0.823. The molecule has 1 aromatic carbocycles. The van der Waals surface area contributed by atoms with Crippen molar-refractivity contribution in [3.8, 4) is 0 Å². The van der Waals surface area contributed by atoms with E-state index in [1.165, 1.54) is 0 Å². The minimum absolute atomic E-state index is 0.196. The predicted molar refractivity (Wildman–Crippen MR) is 92.4 cm³/mol. The van der Waals surface area contributed by atoms with Crippen LogP contribution in [0.3, 0.4) is 0 Å². The van der Waals surface area contributed by atoms with E-state index in [1.807, 2.05) is 18.2 Å². The fourth-order valence-electron chi connectivity index (χ4n) is 3.51. The number of rotatable bonds is 4. The van der Waals surface area contributed by atoms with Crippen molar-refractivity contribution >= 4 is 27.5 Å². The molecule has 0 heterocycles. The molecular weight excluding hydrogens is 350 g/mol. The minimum Gasteiger partial charge on any atom is -0.388 e. The van der Waals surface area contributed by atoms with Crippen LogP contribution in [0.2, 0.25) is 5.02 Å². The van der Waals surface area contributed by atoms with Gasteiger partial charge in [-0.05, 0) is 71.1 Å². The average Bonchev–Trinajstić information content (AvgIpc) is 2.49. The first kappa shape index (κ1) is 17.3. The smallest absolute Gasteiger partial charge is 0.0858 e. The van der Waals surface area contributed by atoms with Crippen molar-refractivity contribution in [3.05, 3.63) is 33.3 Å². The summed E-state index contributed by atoms with van der Waals surface area (Å²) >= 11 is 9.47. The van der Waals surface area contributed by atoms with E-state index in [9.17, 15) is 5.11 Å². The van der Waals surface area contributed by atoms with Crippen LogP contribution in [0, 0.1) is 17.3 Å². The lowest BCUT2D eigenvalue weighted by Crippen LogP contribution is -2.40. The zero-order valence-corrected chi connectivity index (χ0v) is 15.1. The van der Waals surface area contributed by atoms with Gasteiger partial charge in [0.1, 0.15) is 0 Å². The van der Waals surface area contributed by atoms with Crippen LogP contribution in [0.4, 0.5) is 0 Å². The maximum atomic E-state index is 10.9. The van der Waals surface area contributed by atoms with E-state index in [2.05, 4.69) is 29.8 Å². The molecule has 0 amide bonds. The van der Waals surface area contributed by atoms with Crippen LogP contribution in [-0.2, 0) is 0 Å². The Morgan fingerprint density at radius 3 is 2.48 bits per heavy atom. The maximum Gasteiger partial charge on any atom is 0.0858 e. The number of nitrogens with two attached hydrogens (primary N) is 1. The molecule has 0 spiro atoms. The van der Waals surface area contributed by atoms with Gasteiger partial charge in [-0.2, -0.15) is 0 Å². The van der Waals surface area contributed by atoms with Crippen molar-refractivity contribution in [3.63, 3.8) is 0 Å². The summed E-state index contributed by atoms with van der Waals surface area (Å²) in [6.07, 6.45) is 3.77. The summed E-state index contributed by atoms with van der Waals surface area (Å²) in [6, 6.07) is 5.65. The lowest BCUT2D eigenvalue weighted by molar-refractivity contribution is -0.0148. The van der Waals surface area contributed by atoms with E-state index in [0.717, 1.165) is 41.6 Å². The van der Waals surface area contributed by atoms with Crippen LogP contribution in [0.25, 0.3) is 0 Å². The number of aliphatic hydroxyl groups excluding tert-OH is 1. The van der Waals surface area contributed by atoms with Crippen molar-refractivity contribution in [2.75, 3.05) is 6.54 Å². The third-order valence-electron chi connectivity index (χ3n) is 5.21. The van der Waals surface area contributed by atoms with Gasteiger partial charge in [-0.3, -0.25) is 0 Å². The second kappa shape index (κ2) is 6.99. The Morgan fingerprint density at radius 2 is 2.00 bits per heavy atom. The largest absolute Gasteiger partial charge is 0.388 e. The Morgan fingerprint density at radius 1 is 1.38 bits per heavy atom.